The van der Waals surface area contributed by atoms with Gasteiger partial charge in [0.15, 0.2) is 5.82 Å². The molecule has 0 bridgehead atoms. The molecule has 0 radical (unpaired) electrons. The number of rotatable bonds is 5. The van der Waals surface area contributed by atoms with Crippen LogP contribution in [0, 0.1) is 5.82 Å². The van der Waals surface area contributed by atoms with Crippen molar-refractivity contribution >= 4 is 5.91 Å². The van der Waals surface area contributed by atoms with Crippen molar-refractivity contribution in [3.63, 3.8) is 0 Å². The minimum absolute atomic E-state index is 0.0678. The average molecular weight is 380 g/mol. The molecule has 3 aromatic rings. The maximum Gasteiger partial charge on any atom is 0.231 e. The first kappa shape index (κ1) is 18.2. The van der Waals surface area contributed by atoms with Crippen molar-refractivity contribution in [3.8, 4) is 17.1 Å². The zero-order chi connectivity index (χ0) is 19.5. The van der Waals surface area contributed by atoms with E-state index in [9.17, 15) is 9.18 Å². The number of nitrogens with one attached hydrogen (secondary N) is 1. The topological polar surface area (TPSA) is 69.0 Å². The number of carbonyl (C=O) groups excluding carboxylic acids is 1. The Hall–Kier alpha value is -3.22. The summed E-state index contributed by atoms with van der Waals surface area (Å²) in [7, 11) is 1.62. The van der Waals surface area contributed by atoms with Gasteiger partial charge in [0, 0.05) is 18.7 Å². The quantitative estimate of drug-likeness (QED) is 0.738. The molecule has 1 atom stereocenters. The van der Waals surface area contributed by atoms with Crippen LogP contribution >= 0.6 is 0 Å². The predicted octanol–water partition coefficient (Wildman–Crippen LogP) is 3.29. The average Bonchev–Trinajstić information content (AvgIpc) is 3.17. The van der Waals surface area contributed by atoms with Gasteiger partial charge in [-0.2, -0.15) is 0 Å². The van der Waals surface area contributed by atoms with Gasteiger partial charge >= 0.3 is 0 Å². The van der Waals surface area contributed by atoms with Crippen molar-refractivity contribution < 1.29 is 13.9 Å². The second kappa shape index (κ2) is 7.80. The van der Waals surface area contributed by atoms with Gasteiger partial charge in [0.2, 0.25) is 5.91 Å². The van der Waals surface area contributed by atoms with Crippen LogP contribution in [0.2, 0.25) is 0 Å². The highest BCUT2D eigenvalue weighted by molar-refractivity contribution is 5.83. The summed E-state index contributed by atoms with van der Waals surface area (Å²) in [5, 5.41) is 11.5. The van der Waals surface area contributed by atoms with E-state index in [-0.39, 0.29) is 17.6 Å². The number of hydrogen-bond acceptors (Lipinski definition) is 4. The lowest BCUT2D eigenvalue weighted by Crippen LogP contribution is -2.33. The highest BCUT2D eigenvalue weighted by Crippen LogP contribution is 2.30. The van der Waals surface area contributed by atoms with Gasteiger partial charge in [0.25, 0.3) is 0 Å². The zero-order valence-corrected chi connectivity index (χ0v) is 15.6. The Morgan fingerprint density at radius 1 is 1.25 bits per heavy atom. The van der Waals surface area contributed by atoms with Crippen LogP contribution in [0.25, 0.3) is 11.4 Å². The fourth-order valence-corrected chi connectivity index (χ4v) is 3.53. The maximum absolute atomic E-state index is 13.2. The largest absolute Gasteiger partial charge is 0.497 e. The maximum atomic E-state index is 13.2. The third kappa shape index (κ3) is 3.60. The first-order valence-electron chi connectivity index (χ1n) is 9.25. The van der Waals surface area contributed by atoms with Gasteiger partial charge < -0.3 is 14.6 Å². The van der Waals surface area contributed by atoms with Crippen molar-refractivity contribution in [2.75, 3.05) is 7.11 Å². The van der Waals surface area contributed by atoms with Crippen molar-refractivity contribution in [3.05, 3.63) is 65.7 Å². The van der Waals surface area contributed by atoms with Crippen molar-refractivity contribution in [1.82, 2.24) is 20.1 Å². The summed E-state index contributed by atoms with van der Waals surface area (Å²) in [4.78, 5) is 12.8. The zero-order valence-electron chi connectivity index (χ0n) is 15.6. The molecule has 1 aromatic heterocycles. The van der Waals surface area contributed by atoms with Crippen LogP contribution in [0.3, 0.4) is 0 Å². The van der Waals surface area contributed by atoms with E-state index in [0.717, 1.165) is 36.3 Å². The van der Waals surface area contributed by atoms with E-state index in [1.807, 2.05) is 28.8 Å². The van der Waals surface area contributed by atoms with Gasteiger partial charge in [0.1, 0.15) is 17.4 Å². The van der Waals surface area contributed by atoms with Gasteiger partial charge in [0.05, 0.1) is 13.0 Å². The number of hydrogen-bond donors (Lipinski definition) is 1. The number of methoxy groups -OCH3 is 1. The van der Waals surface area contributed by atoms with Gasteiger partial charge in [-0.25, -0.2) is 4.39 Å². The molecular weight excluding hydrogens is 359 g/mol. The first-order chi connectivity index (χ1) is 13.7. The molecule has 0 saturated heterocycles. The molecule has 0 saturated carbocycles. The van der Waals surface area contributed by atoms with E-state index in [4.69, 9.17) is 4.74 Å². The molecule has 4 rings (SSSR count). The van der Waals surface area contributed by atoms with Gasteiger partial charge in [-0.05, 0) is 54.8 Å². The van der Waals surface area contributed by atoms with E-state index in [0.29, 0.717) is 18.2 Å². The molecule has 0 aliphatic carbocycles. The number of nitrogens with zero attached hydrogens (tertiary/aromatic N) is 3. The fourth-order valence-electron chi connectivity index (χ4n) is 3.53. The van der Waals surface area contributed by atoms with E-state index in [2.05, 4.69) is 15.5 Å². The molecule has 2 aromatic carbocycles. The Bertz CT molecular complexity index is 984. The van der Waals surface area contributed by atoms with Crippen LogP contribution in [-0.2, 0) is 17.9 Å². The first-order valence-corrected chi connectivity index (χ1v) is 9.25. The SMILES string of the molecule is COc1cccc(CNC(=O)C2CCCn3c(-c4ccc(F)cc4)nnc32)c1. The lowest BCUT2D eigenvalue weighted by molar-refractivity contribution is -0.123. The highest BCUT2D eigenvalue weighted by Gasteiger charge is 2.31. The second-order valence-electron chi connectivity index (χ2n) is 6.80. The molecule has 144 valence electrons. The summed E-state index contributed by atoms with van der Waals surface area (Å²) in [6.45, 7) is 1.17. The predicted molar refractivity (Wildman–Crippen MR) is 102 cm³/mol. The van der Waals surface area contributed by atoms with Crippen molar-refractivity contribution in [2.24, 2.45) is 0 Å². The normalized spacial score (nSPS) is 15.7. The number of ether oxygens (including phenoxy) is 1. The molecule has 1 N–H and O–H groups in total. The van der Waals surface area contributed by atoms with Gasteiger partial charge in [-0.1, -0.05) is 12.1 Å². The van der Waals surface area contributed by atoms with E-state index in [1.54, 1.807) is 19.2 Å². The molecule has 0 spiro atoms. The number of carbonyl (C=O) groups is 1. The monoisotopic (exact) mass is 380 g/mol. The van der Waals surface area contributed by atoms with E-state index < -0.39 is 0 Å². The van der Waals surface area contributed by atoms with Crippen LogP contribution in [0.15, 0.2) is 48.5 Å². The summed E-state index contributed by atoms with van der Waals surface area (Å²) in [6, 6.07) is 13.8. The van der Waals surface area contributed by atoms with Crippen LogP contribution in [-0.4, -0.2) is 27.8 Å². The van der Waals surface area contributed by atoms with Crippen LogP contribution < -0.4 is 10.1 Å². The number of amides is 1. The minimum atomic E-state index is -0.346. The molecule has 1 amide bonds. The lowest BCUT2D eigenvalue weighted by Gasteiger charge is -2.23. The van der Waals surface area contributed by atoms with Crippen molar-refractivity contribution in [1.29, 1.82) is 0 Å². The molecule has 28 heavy (non-hydrogen) atoms. The fraction of sp³-hybridized carbons (Fsp3) is 0.286. The molecule has 7 heteroatoms. The summed E-state index contributed by atoms with van der Waals surface area (Å²) < 4.78 is 20.4. The number of halogens is 1. The Labute approximate surface area is 162 Å². The summed E-state index contributed by atoms with van der Waals surface area (Å²) in [6.07, 6.45) is 1.59. The molecule has 1 unspecified atom stereocenters. The molecule has 1 aliphatic rings. The highest BCUT2D eigenvalue weighted by atomic mass is 19.1. The molecule has 6 nitrogen and oxygen atoms in total. The second-order valence-corrected chi connectivity index (χ2v) is 6.80. The van der Waals surface area contributed by atoms with Crippen LogP contribution in [0.1, 0.15) is 30.1 Å². The van der Waals surface area contributed by atoms with Crippen molar-refractivity contribution in [2.45, 2.75) is 31.8 Å². The minimum Gasteiger partial charge on any atom is -0.497 e. The third-order valence-electron chi connectivity index (χ3n) is 4.99. The van der Waals surface area contributed by atoms with Gasteiger partial charge in [-0.3, -0.25) is 4.79 Å². The smallest absolute Gasteiger partial charge is 0.231 e. The van der Waals surface area contributed by atoms with Crippen LogP contribution in [0.4, 0.5) is 4.39 Å². The Morgan fingerprint density at radius 2 is 2.07 bits per heavy atom. The standard InChI is InChI=1S/C21H21FN4O2/c1-28-17-5-2-4-14(12-17)13-23-21(27)18-6-3-11-26-19(24-25-20(18)26)15-7-9-16(22)10-8-15/h2,4-5,7-10,12,18H,3,6,11,13H2,1H3,(H,23,27). The third-order valence-corrected chi connectivity index (χ3v) is 4.99. The van der Waals surface area contributed by atoms with Crippen LogP contribution in [0.5, 0.6) is 5.75 Å². The van der Waals surface area contributed by atoms with E-state index >= 15 is 0 Å². The number of aromatic nitrogens is 3. The molecular formula is C21H21FN4O2. The molecule has 2 heterocycles. The van der Waals surface area contributed by atoms with Gasteiger partial charge in [-0.15, -0.1) is 10.2 Å². The Balaban J connectivity index is 1.51. The number of fused-ring (bicyclic) bond motifs is 1. The Kier molecular flexibility index (Phi) is 5.06. The molecule has 0 fully saturated rings. The number of benzene rings is 2. The molecule has 1 aliphatic heterocycles. The van der Waals surface area contributed by atoms with E-state index in [1.165, 1.54) is 12.1 Å². The lowest BCUT2D eigenvalue weighted by atomic mass is 9.97. The summed E-state index contributed by atoms with van der Waals surface area (Å²) >= 11 is 0. The summed E-state index contributed by atoms with van der Waals surface area (Å²) in [5.41, 5.74) is 1.76. The Morgan fingerprint density at radius 3 is 2.86 bits per heavy atom. The summed E-state index contributed by atoms with van der Waals surface area (Å²) in [5.74, 6) is 1.38.